The van der Waals surface area contributed by atoms with Gasteiger partial charge in [0.15, 0.2) is 10.8 Å². The Morgan fingerprint density at radius 1 is 1.56 bits per heavy atom. The first-order valence-corrected chi connectivity index (χ1v) is 6.87. The van der Waals surface area contributed by atoms with Gasteiger partial charge in [0.05, 0.1) is 6.33 Å². The lowest BCUT2D eigenvalue weighted by molar-refractivity contribution is -0.121. The minimum atomic E-state index is -3.84. The molecule has 1 fully saturated rings. The van der Waals surface area contributed by atoms with E-state index in [1.54, 1.807) is 0 Å². The number of carbonyl (C=O) groups excluding carboxylic acids is 1. The Balaban J connectivity index is 2.46. The summed E-state index contributed by atoms with van der Waals surface area (Å²) in [6.07, 6.45) is 2.36. The molecule has 1 aromatic heterocycles. The highest BCUT2D eigenvalue weighted by Crippen LogP contribution is 2.28. The van der Waals surface area contributed by atoms with E-state index in [1.165, 1.54) is 17.9 Å². The maximum absolute atomic E-state index is 12.4. The van der Waals surface area contributed by atoms with Crippen LogP contribution >= 0.6 is 0 Å². The van der Waals surface area contributed by atoms with Crippen molar-refractivity contribution in [3.63, 3.8) is 0 Å². The fraction of sp³-hybridized carbons (Fsp3) is 0.556. The van der Waals surface area contributed by atoms with Gasteiger partial charge in [0.2, 0.25) is 5.91 Å². The molecular formula is C9H15N5O3S. The van der Waals surface area contributed by atoms with Gasteiger partial charge < -0.3 is 16.0 Å². The van der Waals surface area contributed by atoms with Crippen molar-refractivity contribution in [1.82, 2.24) is 13.9 Å². The molecule has 1 atom stereocenters. The number of hydrogen-bond donors (Lipinski definition) is 2. The number of primary amides is 1. The molecule has 18 heavy (non-hydrogen) atoms. The quantitative estimate of drug-likeness (QED) is 0.703. The molecule has 100 valence electrons. The Bertz CT molecular complexity index is 560. The Labute approximate surface area is 105 Å². The predicted molar refractivity (Wildman–Crippen MR) is 63.7 cm³/mol. The lowest BCUT2D eigenvalue weighted by Gasteiger charge is -2.21. The lowest BCUT2D eigenvalue weighted by Crippen LogP contribution is -2.44. The number of aromatic nitrogens is 2. The Morgan fingerprint density at radius 2 is 2.22 bits per heavy atom. The van der Waals surface area contributed by atoms with Gasteiger partial charge in [-0.2, -0.15) is 4.31 Å². The fourth-order valence-electron chi connectivity index (χ4n) is 2.17. The second kappa shape index (κ2) is 4.25. The molecule has 8 nitrogen and oxygen atoms in total. The summed E-state index contributed by atoms with van der Waals surface area (Å²) >= 11 is 0. The zero-order valence-corrected chi connectivity index (χ0v) is 10.7. The Hall–Kier alpha value is -1.61. The van der Waals surface area contributed by atoms with Gasteiger partial charge in [-0.25, -0.2) is 13.4 Å². The van der Waals surface area contributed by atoms with Crippen LogP contribution < -0.4 is 11.5 Å². The van der Waals surface area contributed by atoms with Crippen LogP contribution in [0.15, 0.2) is 11.4 Å². The lowest BCUT2D eigenvalue weighted by atomic mass is 10.2. The smallest absolute Gasteiger partial charge is 0.263 e. The van der Waals surface area contributed by atoms with Gasteiger partial charge in [0.1, 0.15) is 6.04 Å². The van der Waals surface area contributed by atoms with Crippen molar-refractivity contribution in [3.05, 3.63) is 6.33 Å². The molecule has 1 aliphatic heterocycles. The molecule has 0 aliphatic carbocycles. The molecular weight excluding hydrogens is 258 g/mol. The van der Waals surface area contributed by atoms with Crippen LogP contribution in [0.4, 0.5) is 5.82 Å². The number of nitrogens with two attached hydrogens (primary N) is 2. The van der Waals surface area contributed by atoms with Gasteiger partial charge in [-0.05, 0) is 12.8 Å². The highest BCUT2D eigenvalue weighted by Gasteiger charge is 2.40. The van der Waals surface area contributed by atoms with E-state index in [1.807, 2.05) is 0 Å². The second-order valence-electron chi connectivity index (χ2n) is 4.22. The number of imidazole rings is 1. The molecule has 9 heteroatoms. The molecule has 0 spiro atoms. The Kier molecular flexibility index (Phi) is 3.03. The third kappa shape index (κ3) is 1.85. The molecule has 2 heterocycles. The fourth-order valence-corrected chi connectivity index (χ4v) is 4.04. The van der Waals surface area contributed by atoms with E-state index in [-0.39, 0.29) is 17.4 Å². The molecule has 1 unspecified atom stereocenters. The summed E-state index contributed by atoms with van der Waals surface area (Å²) in [4.78, 5) is 15.0. The molecule has 1 aromatic rings. The SMILES string of the molecule is Cn1cnc(N)c1S(=O)(=O)N1CCCC1C(N)=O. The number of hydrogen-bond acceptors (Lipinski definition) is 5. The molecule has 4 N–H and O–H groups in total. The minimum absolute atomic E-state index is 0.0763. The van der Waals surface area contributed by atoms with Crippen molar-refractivity contribution < 1.29 is 13.2 Å². The van der Waals surface area contributed by atoms with Crippen LogP contribution in [0.25, 0.3) is 0 Å². The monoisotopic (exact) mass is 273 g/mol. The first-order valence-electron chi connectivity index (χ1n) is 5.43. The Morgan fingerprint density at radius 3 is 2.72 bits per heavy atom. The number of aryl methyl sites for hydroxylation is 1. The minimum Gasteiger partial charge on any atom is -0.381 e. The third-order valence-corrected chi connectivity index (χ3v) is 5.03. The molecule has 0 aromatic carbocycles. The number of sulfonamides is 1. The van der Waals surface area contributed by atoms with Gasteiger partial charge in [0.25, 0.3) is 10.0 Å². The molecule has 2 rings (SSSR count). The first-order chi connectivity index (χ1) is 8.35. The van der Waals surface area contributed by atoms with Gasteiger partial charge >= 0.3 is 0 Å². The maximum Gasteiger partial charge on any atom is 0.263 e. The normalized spacial score (nSPS) is 21.3. The van der Waals surface area contributed by atoms with Crippen LogP contribution in [0.2, 0.25) is 0 Å². The summed E-state index contributed by atoms with van der Waals surface area (Å²) in [5, 5.41) is -0.101. The van der Waals surface area contributed by atoms with E-state index in [2.05, 4.69) is 4.98 Å². The van der Waals surface area contributed by atoms with Crippen LogP contribution in [0.3, 0.4) is 0 Å². The van der Waals surface area contributed by atoms with E-state index in [0.29, 0.717) is 12.8 Å². The molecule has 0 saturated carbocycles. The summed E-state index contributed by atoms with van der Waals surface area (Å²) in [7, 11) is -2.31. The van der Waals surface area contributed by atoms with Gasteiger partial charge in [-0.3, -0.25) is 4.79 Å². The highest BCUT2D eigenvalue weighted by molar-refractivity contribution is 7.89. The van der Waals surface area contributed by atoms with E-state index >= 15 is 0 Å². The molecule has 1 amide bonds. The van der Waals surface area contributed by atoms with Gasteiger partial charge in [0, 0.05) is 13.6 Å². The number of carbonyl (C=O) groups is 1. The zero-order chi connectivity index (χ0) is 13.5. The highest BCUT2D eigenvalue weighted by atomic mass is 32.2. The van der Waals surface area contributed by atoms with Gasteiger partial charge in [-0.15, -0.1) is 0 Å². The molecule has 1 aliphatic rings. The number of nitrogen functional groups attached to an aromatic ring is 1. The van der Waals surface area contributed by atoms with E-state index in [0.717, 1.165) is 4.31 Å². The number of nitrogens with zero attached hydrogens (tertiary/aromatic N) is 3. The second-order valence-corrected chi connectivity index (χ2v) is 6.03. The van der Waals surface area contributed by atoms with E-state index in [9.17, 15) is 13.2 Å². The summed E-state index contributed by atoms with van der Waals surface area (Å²) in [6.45, 7) is 0.264. The standard InChI is InChI=1S/C9H15N5O3S/c1-13-5-12-7(10)9(13)18(16,17)14-4-2-3-6(14)8(11)15/h5-6H,2-4,10H2,1H3,(H2,11,15). The number of rotatable bonds is 3. The maximum atomic E-state index is 12.4. The number of anilines is 1. The third-order valence-electron chi connectivity index (χ3n) is 2.99. The van der Waals surface area contributed by atoms with Crippen molar-refractivity contribution in [2.45, 2.75) is 23.9 Å². The average molecular weight is 273 g/mol. The van der Waals surface area contributed by atoms with Crippen LogP contribution in [0.5, 0.6) is 0 Å². The largest absolute Gasteiger partial charge is 0.381 e. The van der Waals surface area contributed by atoms with Crippen molar-refractivity contribution >= 4 is 21.7 Å². The van der Waals surface area contributed by atoms with E-state index < -0.39 is 22.0 Å². The van der Waals surface area contributed by atoms with Crippen molar-refractivity contribution in [2.24, 2.45) is 12.8 Å². The summed E-state index contributed by atoms with van der Waals surface area (Å²) in [5.74, 6) is -0.718. The van der Waals surface area contributed by atoms with Crippen molar-refractivity contribution in [3.8, 4) is 0 Å². The number of amides is 1. The van der Waals surface area contributed by atoms with E-state index in [4.69, 9.17) is 11.5 Å². The predicted octanol–water partition coefficient (Wildman–Crippen LogP) is -1.36. The topological polar surface area (TPSA) is 124 Å². The zero-order valence-electron chi connectivity index (χ0n) is 9.91. The molecule has 1 saturated heterocycles. The molecule has 0 bridgehead atoms. The molecule has 0 radical (unpaired) electrons. The van der Waals surface area contributed by atoms with Crippen LogP contribution in [-0.2, 0) is 21.9 Å². The van der Waals surface area contributed by atoms with Crippen molar-refractivity contribution in [1.29, 1.82) is 0 Å². The first kappa shape index (κ1) is 12.8. The van der Waals surface area contributed by atoms with Crippen LogP contribution in [0, 0.1) is 0 Å². The van der Waals surface area contributed by atoms with Crippen LogP contribution in [0.1, 0.15) is 12.8 Å². The summed E-state index contributed by atoms with van der Waals surface area (Å²) in [6, 6.07) is -0.802. The van der Waals surface area contributed by atoms with Gasteiger partial charge in [-0.1, -0.05) is 0 Å². The average Bonchev–Trinajstić information content (AvgIpc) is 2.85. The van der Waals surface area contributed by atoms with Crippen molar-refractivity contribution in [2.75, 3.05) is 12.3 Å². The summed E-state index contributed by atoms with van der Waals surface area (Å²) < 4.78 is 27.3. The summed E-state index contributed by atoms with van der Waals surface area (Å²) in [5.41, 5.74) is 10.8. The van der Waals surface area contributed by atoms with Crippen LogP contribution in [-0.4, -0.2) is 40.8 Å².